The van der Waals surface area contributed by atoms with Crippen molar-refractivity contribution in [3.8, 4) is 0 Å². The van der Waals surface area contributed by atoms with Crippen molar-refractivity contribution < 1.29 is 19.4 Å². The van der Waals surface area contributed by atoms with E-state index >= 15 is 0 Å². The van der Waals surface area contributed by atoms with E-state index in [9.17, 15) is 9.59 Å². The van der Waals surface area contributed by atoms with Crippen LogP contribution in [0.2, 0.25) is 0 Å². The Kier molecular flexibility index (Phi) is 3.21. The molecule has 1 heterocycles. The molecule has 5 fully saturated rings. The highest BCUT2D eigenvalue weighted by atomic mass is 16.5. The molecular weight excluding hydrogens is 270 g/mol. The van der Waals surface area contributed by atoms with E-state index in [0.29, 0.717) is 25.0 Å². The van der Waals surface area contributed by atoms with Crippen molar-refractivity contribution in [2.75, 3.05) is 19.7 Å². The SMILES string of the molecule is O=C(O)C1CN(C(=O)C2C3CC4CC(C3)CC2C4)CCO1. The summed E-state index contributed by atoms with van der Waals surface area (Å²) >= 11 is 0. The molecule has 1 saturated heterocycles. The zero-order valence-electron chi connectivity index (χ0n) is 12.2. The maximum Gasteiger partial charge on any atom is 0.334 e. The van der Waals surface area contributed by atoms with Crippen molar-refractivity contribution in [2.24, 2.45) is 29.6 Å². The second kappa shape index (κ2) is 4.97. The van der Waals surface area contributed by atoms with Crippen LogP contribution in [-0.2, 0) is 14.3 Å². The van der Waals surface area contributed by atoms with Crippen molar-refractivity contribution in [3.05, 3.63) is 0 Å². The predicted octanol–water partition coefficient (Wildman–Crippen LogP) is 1.37. The number of hydrogen-bond acceptors (Lipinski definition) is 3. The summed E-state index contributed by atoms with van der Waals surface area (Å²) in [5.41, 5.74) is 0. The number of rotatable bonds is 2. The summed E-state index contributed by atoms with van der Waals surface area (Å²) in [6.45, 7) is 1.11. The summed E-state index contributed by atoms with van der Waals surface area (Å²) in [6, 6.07) is 0. The number of morpholine rings is 1. The minimum atomic E-state index is -0.961. The number of aliphatic carboxylic acids is 1. The number of carboxylic acid groups (broad SMARTS) is 1. The third-order valence-corrected chi connectivity index (χ3v) is 6.17. The third kappa shape index (κ3) is 2.26. The van der Waals surface area contributed by atoms with Gasteiger partial charge in [-0.2, -0.15) is 0 Å². The van der Waals surface area contributed by atoms with Crippen LogP contribution in [0.5, 0.6) is 0 Å². The van der Waals surface area contributed by atoms with E-state index in [1.807, 2.05) is 0 Å². The molecule has 1 unspecified atom stereocenters. The molecule has 5 aliphatic rings. The average molecular weight is 293 g/mol. The molecule has 4 saturated carbocycles. The summed E-state index contributed by atoms with van der Waals surface area (Å²) in [5, 5.41) is 9.09. The zero-order valence-corrected chi connectivity index (χ0v) is 12.2. The van der Waals surface area contributed by atoms with Gasteiger partial charge in [0.25, 0.3) is 0 Å². The molecule has 4 bridgehead atoms. The van der Waals surface area contributed by atoms with Crippen LogP contribution >= 0.6 is 0 Å². The minimum absolute atomic E-state index is 0.158. The molecular formula is C16H23NO4. The standard InChI is InChI=1S/C16H23NO4/c18-15(17-1-2-21-13(8-17)16(19)20)14-11-4-9-3-10(6-11)7-12(14)5-9/h9-14H,1-8H2,(H,19,20). The Bertz CT molecular complexity index is 435. The van der Waals surface area contributed by atoms with Gasteiger partial charge in [-0.25, -0.2) is 4.79 Å². The van der Waals surface area contributed by atoms with Crippen LogP contribution in [0.1, 0.15) is 32.1 Å². The van der Waals surface area contributed by atoms with Crippen LogP contribution in [0.15, 0.2) is 0 Å². The topological polar surface area (TPSA) is 66.8 Å². The molecule has 1 atom stereocenters. The fourth-order valence-corrected chi connectivity index (χ4v) is 5.54. The predicted molar refractivity (Wildman–Crippen MR) is 74.5 cm³/mol. The number of carbonyl (C=O) groups excluding carboxylic acids is 1. The van der Waals surface area contributed by atoms with E-state index in [-0.39, 0.29) is 18.4 Å². The van der Waals surface area contributed by atoms with E-state index in [4.69, 9.17) is 9.84 Å². The lowest BCUT2D eigenvalue weighted by Crippen LogP contribution is -2.56. The molecule has 4 aliphatic carbocycles. The lowest BCUT2D eigenvalue weighted by atomic mass is 9.51. The maximum atomic E-state index is 12.9. The molecule has 0 aromatic rings. The molecule has 0 aromatic heterocycles. The smallest absolute Gasteiger partial charge is 0.334 e. The monoisotopic (exact) mass is 293 g/mol. The van der Waals surface area contributed by atoms with E-state index in [0.717, 1.165) is 11.8 Å². The Balaban J connectivity index is 1.48. The molecule has 116 valence electrons. The van der Waals surface area contributed by atoms with Gasteiger partial charge in [0.1, 0.15) is 0 Å². The summed E-state index contributed by atoms with van der Waals surface area (Å²) in [7, 11) is 0. The number of carboxylic acids is 1. The molecule has 21 heavy (non-hydrogen) atoms. The average Bonchev–Trinajstić information content (AvgIpc) is 2.46. The Morgan fingerprint density at radius 2 is 1.62 bits per heavy atom. The quantitative estimate of drug-likeness (QED) is 0.835. The van der Waals surface area contributed by atoms with Gasteiger partial charge < -0.3 is 14.7 Å². The number of amides is 1. The molecule has 5 nitrogen and oxygen atoms in total. The number of hydrogen-bond donors (Lipinski definition) is 1. The van der Waals surface area contributed by atoms with Gasteiger partial charge in [-0.1, -0.05) is 0 Å². The Labute approximate surface area is 124 Å². The first-order chi connectivity index (χ1) is 10.1. The van der Waals surface area contributed by atoms with Gasteiger partial charge in [0, 0.05) is 12.5 Å². The first-order valence-corrected chi connectivity index (χ1v) is 8.25. The van der Waals surface area contributed by atoms with Gasteiger partial charge in [-0.3, -0.25) is 4.79 Å². The molecule has 5 heteroatoms. The van der Waals surface area contributed by atoms with E-state index in [1.165, 1.54) is 32.1 Å². The molecule has 1 N–H and O–H groups in total. The molecule has 1 aliphatic heterocycles. The van der Waals surface area contributed by atoms with Crippen LogP contribution in [0.4, 0.5) is 0 Å². The zero-order chi connectivity index (χ0) is 14.6. The van der Waals surface area contributed by atoms with Crippen LogP contribution in [0.25, 0.3) is 0 Å². The largest absolute Gasteiger partial charge is 0.479 e. The lowest BCUT2D eigenvalue weighted by Gasteiger charge is -2.54. The van der Waals surface area contributed by atoms with Gasteiger partial charge in [0.15, 0.2) is 6.10 Å². The van der Waals surface area contributed by atoms with E-state index in [2.05, 4.69) is 0 Å². The highest BCUT2D eigenvalue weighted by molar-refractivity contribution is 5.81. The van der Waals surface area contributed by atoms with Crippen molar-refractivity contribution in [1.82, 2.24) is 4.90 Å². The molecule has 0 spiro atoms. The molecule has 1 amide bonds. The second-order valence-corrected chi connectivity index (χ2v) is 7.44. The van der Waals surface area contributed by atoms with E-state index < -0.39 is 12.1 Å². The normalized spacial score (nSPS) is 44.9. The summed E-state index contributed by atoms with van der Waals surface area (Å²) in [6.07, 6.45) is 5.41. The maximum absolute atomic E-state index is 12.9. The number of ether oxygens (including phenoxy) is 1. The summed E-state index contributed by atoms with van der Waals surface area (Å²) in [5.74, 6) is 2.22. The fraction of sp³-hybridized carbons (Fsp3) is 0.875. The lowest BCUT2D eigenvalue weighted by molar-refractivity contribution is -0.165. The summed E-state index contributed by atoms with van der Waals surface area (Å²) in [4.78, 5) is 25.8. The molecule has 0 aromatic carbocycles. The first kappa shape index (κ1) is 13.6. The number of nitrogens with zero attached hydrogens (tertiary/aromatic N) is 1. The van der Waals surface area contributed by atoms with Crippen molar-refractivity contribution >= 4 is 11.9 Å². The van der Waals surface area contributed by atoms with Gasteiger partial charge in [-0.15, -0.1) is 0 Å². The highest BCUT2D eigenvalue weighted by Crippen LogP contribution is 2.56. The van der Waals surface area contributed by atoms with Crippen molar-refractivity contribution in [3.63, 3.8) is 0 Å². The fourth-order valence-electron chi connectivity index (χ4n) is 5.54. The Morgan fingerprint density at radius 1 is 1.00 bits per heavy atom. The van der Waals surface area contributed by atoms with Gasteiger partial charge in [-0.05, 0) is 55.8 Å². The van der Waals surface area contributed by atoms with Gasteiger partial charge in [0.2, 0.25) is 5.91 Å². The molecule has 0 radical (unpaired) electrons. The van der Waals surface area contributed by atoms with Crippen LogP contribution in [0.3, 0.4) is 0 Å². The Hall–Kier alpha value is -1.10. The summed E-state index contributed by atoms with van der Waals surface area (Å²) < 4.78 is 5.23. The van der Waals surface area contributed by atoms with Crippen molar-refractivity contribution in [2.45, 2.75) is 38.2 Å². The molecule has 5 rings (SSSR count). The highest BCUT2D eigenvalue weighted by Gasteiger charge is 2.51. The van der Waals surface area contributed by atoms with Crippen LogP contribution in [-0.4, -0.2) is 47.7 Å². The van der Waals surface area contributed by atoms with Crippen LogP contribution < -0.4 is 0 Å². The van der Waals surface area contributed by atoms with Crippen LogP contribution in [0, 0.1) is 29.6 Å². The van der Waals surface area contributed by atoms with Crippen molar-refractivity contribution in [1.29, 1.82) is 0 Å². The minimum Gasteiger partial charge on any atom is -0.479 e. The van der Waals surface area contributed by atoms with Gasteiger partial charge >= 0.3 is 5.97 Å². The van der Waals surface area contributed by atoms with Gasteiger partial charge in [0.05, 0.1) is 13.2 Å². The third-order valence-electron chi connectivity index (χ3n) is 6.17. The number of carbonyl (C=O) groups is 2. The second-order valence-electron chi connectivity index (χ2n) is 7.44. The first-order valence-electron chi connectivity index (χ1n) is 8.25. The van der Waals surface area contributed by atoms with E-state index in [1.54, 1.807) is 4.90 Å². The Morgan fingerprint density at radius 3 is 2.19 bits per heavy atom.